The standard InChI is InChI=1S/C19H22N2O3S2/c1-23-13-9-7-12(8-10-13)11-20-19(25)21-17-16(18(22)24-2)14-5-3-4-6-15(14)26-17/h7-10H,3-6,11H2,1-2H3,(H2,20,21,25). The van der Waals surface area contributed by atoms with Crippen LogP contribution in [0.4, 0.5) is 5.00 Å². The highest BCUT2D eigenvalue weighted by Crippen LogP contribution is 2.38. The Kier molecular flexibility index (Phi) is 6.11. The van der Waals surface area contributed by atoms with Gasteiger partial charge < -0.3 is 20.1 Å². The number of fused-ring (bicyclic) bond motifs is 1. The van der Waals surface area contributed by atoms with Crippen LogP contribution in [0.3, 0.4) is 0 Å². The van der Waals surface area contributed by atoms with E-state index >= 15 is 0 Å². The molecule has 1 aromatic carbocycles. The van der Waals surface area contributed by atoms with Crippen LogP contribution in [-0.2, 0) is 24.1 Å². The maximum Gasteiger partial charge on any atom is 0.341 e. The Balaban J connectivity index is 1.68. The second kappa shape index (κ2) is 8.51. The lowest BCUT2D eigenvalue weighted by atomic mass is 9.95. The molecule has 5 nitrogen and oxygen atoms in total. The Labute approximate surface area is 162 Å². The smallest absolute Gasteiger partial charge is 0.341 e. The average Bonchev–Trinajstić information content (AvgIpc) is 3.03. The van der Waals surface area contributed by atoms with Crippen LogP contribution in [0.1, 0.15) is 39.2 Å². The van der Waals surface area contributed by atoms with Gasteiger partial charge in [-0.2, -0.15) is 0 Å². The molecule has 0 saturated heterocycles. The molecule has 0 radical (unpaired) electrons. The molecule has 0 aliphatic heterocycles. The summed E-state index contributed by atoms with van der Waals surface area (Å²) in [5, 5.41) is 7.64. The van der Waals surface area contributed by atoms with Crippen LogP contribution in [0, 0.1) is 0 Å². The molecule has 2 N–H and O–H groups in total. The van der Waals surface area contributed by atoms with Crippen LogP contribution in [0.2, 0.25) is 0 Å². The maximum absolute atomic E-state index is 12.3. The van der Waals surface area contributed by atoms with Crippen molar-refractivity contribution in [3.8, 4) is 5.75 Å². The van der Waals surface area contributed by atoms with Crippen molar-refractivity contribution >= 4 is 39.6 Å². The topological polar surface area (TPSA) is 59.6 Å². The molecule has 0 atom stereocenters. The molecule has 0 spiro atoms. The zero-order chi connectivity index (χ0) is 18.5. The van der Waals surface area contributed by atoms with E-state index < -0.39 is 0 Å². The van der Waals surface area contributed by atoms with Crippen molar-refractivity contribution in [3.63, 3.8) is 0 Å². The second-order valence-electron chi connectivity index (χ2n) is 6.06. The number of nitrogens with one attached hydrogen (secondary N) is 2. The predicted molar refractivity (Wildman–Crippen MR) is 108 cm³/mol. The molecule has 0 saturated carbocycles. The van der Waals surface area contributed by atoms with Gasteiger partial charge in [-0.1, -0.05) is 12.1 Å². The van der Waals surface area contributed by atoms with Gasteiger partial charge in [0.25, 0.3) is 0 Å². The van der Waals surface area contributed by atoms with Crippen molar-refractivity contribution in [2.75, 3.05) is 19.5 Å². The molecule has 2 aromatic rings. The van der Waals surface area contributed by atoms with Crippen LogP contribution in [0.5, 0.6) is 5.75 Å². The molecule has 138 valence electrons. The minimum Gasteiger partial charge on any atom is -0.497 e. The first-order valence-electron chi connectivity index (χ1n) is 8.53. The first-order chi connectivity index (χ1) is 12.6. The number of methoxy groups -OCH3 is 2. The van der Waals surface area contributed by atoms with E-state index in [0.717, 1.165) is 47.6 Å². The molecular weight excluding hydrogens is 368 g/mol. The Morgan fingerprint density at radius 1 is 1.19 bits per heavy atom. The molecule has 1 aliphatic rings. The number of hydrogen-bond acceptors (Lipinski definition) is 5. The van der Waals surface area contributed by atoms with Gasteiger partial charge in [-0.3, -0.25) is 0 Å². The third-order valence-corrected chi connectivity index (χ3v) is 5.85. The Hall–Kier alpha value is -2.12. The summed E-state index contributed by atoms with van der Waals surface area (Å²) in [6, 6.07) is 7.79. The van der Waals surface area contributed by atoms with Gasteiger partial charge in [0.15, 0.2) is 5.11 Å². The number of carbonyl (C=O) groups is 1. The lowest BCUT2D eigenvalue weighted by Crippen LogP contribution is -2.28. The quantitative estimate of drug-likeness (QED) is 0.596. The number of anilines is 1. The summed E-state index contributed by atoms with van der Waals surface area (Å²) in [5.41, 5.74) is 2.85. The maximum atomic E-state index is 12.3. The predicted octanol–water partition coefficient (Wildman–Crippen LogP) is 3.91. The van der Waals surface area contributed by atoms with E-state index in [9.17, 15) is 4.79 Å². The summed E-state index contributed by atoms with van der Waals surface area (Å²) < 4.78 is 10.1. The van der Waals surface area contributed by atoms with Gasteiger partial charge in [0, 0.05) is 11.4 Å². The highest BCUT2D eigenvalue weighted by molar-refractivity contribution is 7.80. The molecule has 1 heterocycles. The summed E-state index contributed by atoms with van der Waals surface area (Å²) in [4.78, 5) is 13.5. The SMILES string of the molecule is COC(=O)c1c(NC(=S)NCc2ccc(OC)cc2)sc2c1CCCC2. The van der Waals surface area contributed by atoms with Gasteiger partial charge in [-0.15, -0.1) is 11.3 Å². The molecule has 3 rings (SSSR count). The van der Waals surface area contributed by atoms with Crippen molar-refractivity contribution in [2.24, 2.45) is 0 Å². The van der Waals surface area contributed by atoms with Crippen molar-refractivity contribution < 1.29 is 14.3 Å². The summed E-state index contributed by atoms with van der Waals surface area (Å²) in [5.74, 6) is 0.520. The van der Waals surface area contributed by atoms with E-state index in [2.05, 4.69) is 10.6 Å². The normalized spacial score (nSPS) is 12.8. The van der Waals surface area contributed by atoms with Gasteiger partial charge in [-0.25, -0.2) is 4.79 Å². The molecule has 1 aliphatic carbocycles. The molecular formula is C19H22N2O3S2. The van der Waals surface area contributed by atoms with Crippen LogP contribution in [0.25, 0.3) is 0 Å². The summed E-state index contributed by atoms with van der Waals surface area (Å²) in [7, 11) is 3.06. The van der Waals surface area contributed by atoms with Crippen molar-refractivity contribution in [2.45, 2.75) is 32.2 Å². The van der Waals surface area contributed by atoms with Crippen LogP contribution in [0.15, 0.2) is 24.3 Å². The highest BCUT2D eigenvalue weighted by Gasteiger charge is 2.26. The first kappa shape index (κ1) is 18.7. The van der Waals surface area contributed by atoms with E-state index in [1.165, 1.54) is 12.0 Å². The van der Waals surface area contributed by atoms with E-state index in [1.807, 2.05) is 24.3 Å². The number of ether oxygens (including phenoxy) is 2. The van der Waals surface area contributed by atoms with Gasteiger partial charge in [0.2, 0.25) is 0 Å². The van der Waals surface area contributed by atoms with E-state index in [-0.39, 0.29) is 5.97 Å². The van der Waals surface area contributed by atoms with Crippen LogP contribution in [-0.4, -0.2) is 25.3 Å². The molecule has 0 unspecified atom stereocenters. The number of carbonyl (C=O) groups excluding carboxylic acids is 1. The number of aryl methyl sites for hydroxylation is 1. The van der Waals surface area contributed by atoms with Crippen molar-refractivity contribution in [3.05, 3.63) is 45.8 Å². The molecule has 7 heteroatoms. The lowest BCUT2D eigenvalue weighted by Gasteiger charge is -2.12. The lowest BCUT2D eigenvalue weighted by molar-refractivity contribution is 0.0601. The Bertz CT molecular complexity index is 800. The second-order valence-corrected chi connectivity index (χ2v) is 7.58. The zero-order valence-corrected chi connectivity index (χ0v) is 16.5. The number of rotatable bonds is 5. The van der Waals surface area contributed by atoms with E-state index in [1.54, 1.807) is 18.4 Å². The van der Waals surface area contributed by atoms with E-state index in [4.69, 9.17) is 21.7 Å². The largest absolute Gasteiger partial charge is 0.497 e. The number of thiophene rings is 1. The fraction of sp³-hybridized carbons (Fsp3) is 0.368. The third-order valence-electron chi connectivity index (χ3n) is 4.40. The van der Waals surface area contributed by atoms with Gasteiger partial charge in [0.1, 0.15) is 10.8 Å². The van der Waals surface area contributed by atoms with E-state index in [0.29, 0.717) is 17.2 Å². The number of benzene rings is 1. The van der Waals surface area contributed by atoms with Gasteiger partial charge in [-0.05, 0) is 61.2 Å². The molecule has 0 fully saturated rings. The zero-order valence-electron chi connectivity index (χ0n) is 14.9. The highest BCUT2D eigenvalue weighted by atomic mass is 32.1. The van der Waals surface area contributed by atoms with Crippen molar-refractivity contribution in [1.82, 2.24) is 5.32 Å². The van der Waals surface area contributed by atoms with Crippen molar-refractivity contribution in [1.29, 1.82) is 0 Å². The third kappa shape index (κ3) is 4.16. The van der Waals surface area contributed by atoms with Crippen LogP contribution < -0.4 is 15.4 Å². The number of esters is 1. The number of thiocarbonyl (C=S) groups is 1. The molecule has 26 heavy (non-hydrogen) atoms. The summed E-state index contributed by atoms with van der Waals surface area (Å²) >= 11 is 7.02. The van der Waals surface area contributed by atoms with Gasteiger partial charge in [0.05, 0.1) is 19.8 Å². The first-order valence-corrected chi connectivity index (χ1v) is 9.75. The summed E-state index contributed by atoms with van der Waals surface area (Å²) in [6.07, 6.45) is 4.20. The fourth-order valence-electron chi connectivity index (χ4n) is 3.04. The molecule has 0 amide bonds. The van der Waals surface area contributed by atoms with Crippen LogP contribution >= 0.6 is 23.6 Å². The fourth-order valence-corrected chi connectivity index (χ4v) is 4.57. The average molecular weight is 391 g/mol. The Morgan fingerprint density at radius 3 is 2.62 bits per heavy atom. The minimum absolute atomic E-state index is 0.301. The monoisotopic (exact) mass is 390 g/mol. The number of hydrogen-bond donors (Lipinski definition) is 2. The minimum atomic E-state index is -0.301. The summed E-state index contributed by atoms with van der Waals surface area (Å²) in [6.45, 7) is 0.592. The Morgan fingerprint density at radius 2 is 1.92 bits per heavy atom. The molecule has 1 aromatic heterocycles. The van der Waals surface area contributed by atoms with Gasteiger partial charge >= 0.3 is 5.97 Å². The molecule has 0 bridgehead atoms.